The first kappa shape index (κ1) is 37.9. The van der Waals surface area contributed by atoms with Gasteiger partial charge in [0.15, 0.2) is 0 Å². The molecule has 12 heteroatoms. The third-order valence-corrected chi connectivity index (χ3v) is 13.7. The minimum atomic E-state index is -0.843. The van der Waals surface area contributed by atoms with E-state index in [1.165, 1.54) is 0 Å². The highest BCUT2D eigenvalue weighted by Gasteiger charge is 2.68. The Bertz CT molecular complexity index is 1750. The van der Waals surface area contributed by atoms with E-state index in [0.29, 0.717) is 44.4 Å². The molecule has 1 unspecified atom stereocenters. The molecule has 11 nitrogen and oxygen atoms in total. The summed E-state index contributed by atoms with van der Waals surface area (Å²) in [5, 5.41) is 3.35. The first-order valence-electron chi connectivity index (χ1n) is 20.5. The fourth-order valence-corrected chi connectivity index (χ4v) is 10.3. The monoisotopic (exact) mass is 752 g/mol. The number of nitrogens with zero attached hydrogens (tertiary/aromatic N) is 3. The molecular weight excluding hydrogens is 695 g/mol. The quantitative estimate of drug-likeness (QED) is 0.262. The number of hydrogen-bond donors (Lipinski definition) is 1. The number of fused-ring (bicyclic) bond motifs is 2. The largest absolute Gasteiger partial charge is 0.497 e. The van der Waals surface area contributed by atoms with Gasteiger partial charge in [0.25, 0.3) is 0 Å². The van der Waals surface area contributed by atoms with Crippen molar-refractivity contribution >= 4 is 25.1 Å². The van der Waals surface area contributed by atoms with Crippen molar-refractivity contribution in [3.8, 4) is 5.75 Å². The van der Waals surface area contributed by atoms with Crippen LogP contribution in [0.4, 0.5) is 9.59 Å². The Morgan fingerprint density at radius 1 is 0.945 bits per heavy atom. The maximum absolute atomic E-state index is 14.7. The first-order chi connectivity index (χ1) is 26.5. The van der Waals surface area contributed by atoms with Gasteiger partial charge in [0.05, 0.1) is 31.3 Å². The van der Waals surface area contributed by atoms with Crippen LogP contribution in [0.15, 0.2) is 60.7 Å². The summed E-state index contributed by atoms with van der Waals surface area (Å²) >= 11 is 0. The summed E-state index contributed by atoms with van der Waals surface area (Å²) in [5.41, 5.74) is 2.95. The minimum Gasteiger partial charge on any atom is -0.497 e. The molecule has 2 saturated heterocycles. The van der Waals surface area contributed by atoms with Crippen molar-refractivity contribution < 1.29 is 33.2 Å². The van der Waals surface area contributed by atoms with Gasteiger partial charge in [-0.05, 0) is 85.1 Å². The Morgan fingerprint density at radius 3 is 2.42 bits per heavy atom. The van der Waals surface area contributed by atoms with Gasteiger partial charge in [-0.3, -0.25) is 9.69 Å². The zero-order valence-corrected chi connectivity index (χ0v) is 32.9. The maximum atomic E-state index is 14.7. The molecule has 1 N–H and O–H groups in total. The molecule has 0 radical (unpaired) electrons. The van der Waals surface area contributed by atoms with E-state index in [1.807, 2.05) is 48.5 Å². The van der Waals surface area contributed by atoms with Crippen molar-refractivity contribution in [2.75, 3.05) is 20.2 Å². The normalized spacial score (nSPS) is 32.6. The summed E-state index contributed by atoms with van der Waals surface area (Å²) in [7, 11) is 1.06. The van der Waals surface area contributed by atoms with Crippen LogP contribution in [-0.4, -0.2) is 89.8 Å². The van der Waals surface area contributed by atoms with Gasteiger partial charge in [0, 0.05) is 32.6 Å². The van der Waals surface area contributed by atoms with E-state index in [-0.39, 0.29) is 42.4 Å². The van der Waals surface area contributed by atoms with Gasteiger partial charge in [-0.2, -0.15) is 0 Å². The maximum Gasteiger partial charge on any atom is 0.481 e. The third kappa shape index (κ3) is 7.48. The summed E-state index contributed by atoms with van der Waals surface area (Å²) in [4.78, 5) is 48.0. The number of carbonyl (C=O) groups excluding carboxylic acids is 3. The molecule has 5 fully saturated rings. The van der Waals surface area contributed by atoms with E-state index in [2.05, 4.69) is 38.2 Å². The molecule has 4 heterocycles. The summed E-state index contributed by atoms with van der Waals surface area (Å²) in [6, 6.07) is 14.6. The number of nitrogens with one attached hydrogen (secondary N) is 1. The van der Waals surface area contributed by atoms with Crippen LogP contribution in [0.3, 0.4) is 0 Å². The van der Waals surface area contributed by atoms with Crippen molar-refractivity contribution in [1.29, 1.82) is 0 Å². The highest BCUT2D eigenvalue weighted by molar-refractivity contribution is 6.48. The molecule has 9 rings (SSSR count). The molecule has 55 heavy (non-hydrogen) atoms. The number of ether oxygens (including phenoxy) is 2. The van der Waals surface area contributed by atoms with E-state index in [9.17, 15) is 14.4 Å². The van der Waals surface area contributed by atoms with Crippen LogP contribution in [0.2, 0.25) is 0 Å². The van der Waals surface area contributed by atoms with E-state index in [4.69, 9.17) is 18.8 Å². The zero-order chi connectivity index (χ0) is 38.3. The Balaban J connectivity index is 1.04. The van der Waals surface area contributed by atoms with E-state index >= 15 is 0 Å². The lowest BCUT2D eigenvalue weighted by Gasteiger charge is -2.64. The lowest BCUT2D eigenvalue weighted by atomic mass is 9.43. The molecule has 2 bridgehead atoms. The number of allylic oxidation sites excluding steroid dienone is 1. The standard InChI is InChI=1S/C43H57BN4O7/c1-42(2)32-22-36(42)43(3)37(23-32)54-44(55-43)38-16-10-8-6-5-7-9-13-21-46(25-29-17-19-33(52-4)20-18-29)40(50)48-28-34(24-35(48)39(49)45-38)53-41(51)47-26-30-14-11-12-15-31(30)27-47/h9,11-15,17-20,32,34-38H,5-8,10,16,21-28H2,1-4H3,(H,45,49)/b13-9+/t32-,34-,35+,36-,37?,38+,43-/m1/s1. The number of methoxy groups -OCH3 is 1. The SMILES string of the molecule is COc1ccc(CN2C/C=C/CCCCCC[C@@H](B3OC4C[C@H]5C[C@H](C5(C)C)[C@@]4(C)O3)NC(=O)[C@@H]3C[C@@H](OC(=O)N4Cc5ccccc5C4)CN3C2=O)cc1. The molecule has 0 aromatic heterocycles. The molecule has 7 atom stereocenters. The van der Waals surface area contributed by atoms with Crippen LogP contribution in [0.5, 0.6) is 5.75 Å². The van der Waals surface area contributed by atoms with Crippen LogP contribution < -0.4 is 10.1 Å². The molecule has 294 valence electrons. The second kappa shape index (κ2) is 15.5. The molecule has 3 saturated carbocycles. The third-order valence-electron chi connectivity index (χ3n) is 13.7. The average molecular weight is 753 g/mol. The Hall–Kier alpha value is -4.03. The first-order valence-corrected chi connectivity index (χ1v) is 20.5. The van der Waals surface area contributed by atoms with Crippen molar-refractivity contribution in [2.24, 2.45) is 17.3 Å². The van der Waals surface area contributed by atoms with Gasteiger partial charge in [-0.15, -0.1) is 0 Å². The molecule has 4 aliphatic heterocycles. The fraction of sp³-hybridized carbons (Fsp3) is 0.605. The molecule has 7 aliphatic rings. The highest BCUT2D eigenvalue weighted by atomic mass is 16.7. The summed E-state index contributed by atoms with van der Waals surface area (Å²) < 4.78 is 25.1. The van der Waals surface area contributed by atoms with Gasteiger partial charge >= 0.3 is 19.2 Å². The second-order valence-corrected chi connectivity index (χ2v) is 17.5. The Labute approximate surface area is 326 Å². The minimum absolute atomic E-state index is 0.00471. The average Bonchev–Trinajstić information content (AvgIpc) is 3.90. The van der Waals surface area contributed by atoms with Crippen LogP contribution in [0.1, 0.15) is 95.2 Å². The summed E-state index contributed by atoms with van der Waals surface area (Å²) in [5.74, 6) is 1.12. The topological polar surface area (TPSA) is 110 Å². The second-order valence-electron chi connectivity index (χ2n) is 17.5. The van der Waals surface area contributed by atoms with Crippen LogP contribution in [0.25, 0.3) is 0 Å². The van der Waals surface area contributed by atoms with Crippen molar-refractivity contribution in [3.63, 3.8) is 0 Å². The number of benzene rings is 2. The van der Waals surface area contributed by atoms with E-state index < -0.39 is 31.0 Å². The Morgan fingerprint density at radius 2 is 1.69 bits per heavy atom. The van der Waals surface area contributed by atoms with Crippen molar-refractivity contribution in [1.82, 2.24) is 20.0 Å². The molecule has 2 aromatic rings. The molecule has 4 amide bonds. The summed E-state index contributed by atoms with van der Waals surface area (Å²) in [6.07, 6.45) is 11.2. The predicted octanol–water partition coefficient (Wildman–Crippen LogP) is 6.88. The number of amides is 4. The number of hydrogen-bond acceptors (Lipinski definition) is 7. The van der Waals surface area contributed by atoms with Gasteiger partial charge in [0.1, 0.15) is 17.9 Å². The van der Waals surface area contributed by atoms with Crippen LogP contribution >= 0.6 is 0 Å². The summed E-state index contributed by atoms with van der Waals surface area (Å²) in [6.45, 7) is 8.69. The van der Waals surface area contributed by atoms with Crippen molar-refractivity contribution in [2.45, 2.75) is 128 Å². The van der Waals surface area contributed by atoms with Crippen LogP contribution in [0, 0.1) is 17.3 Å². The number of carbonyl (C=O) groups is 3. The van der Waals surface area contributed by atoms with Crippen LogP contribution in [-0.2, 0) is 38.5 Å². The molecular formula is C43H57BN4O7. The van der Waals surface area contributed by atoms with E-state index in [1.54, 1.807) is 21.8 Å². The fourth-order valence-electron chi connectivity index (χ4n) is 10.3. The number of urea groups is 1. The van der Waals surface area contributed by atoms with E-state index in [0.717, 1.165) is 67.4 Å². The molecule has 0 spiro atoms. The zero-order valence-electron chi connectivity index (χ0n) is 32.9. The Kier molecular flexibility index (Phi) is 10.7. The predicted molar refractivity (Wildman–Crippen MR) is 209 cm³/mol. The lowest BCUT2D eigenvalue weighted by molar-refractivity contribution is -0.199. The smallest absolute Gasteiger partial charge is 0.481 e. The van der Waals surface area contributed by atoms with Crippen molar-refractivity contribution in [3.05, 3.63) is 77.4 Å². The van der Waals surface area contributed by atoms with Gasteiger partial charge in [0.2, 0.25) is 5.91 Å². The number of rotatable bonds is 5. The lowest BCUT2D eigenvalue weighted by Crippen LogP contribution is -2.65. The highest BCUT2D eigenvalue weighted by Crippen LogP contribution is 2.65. The molecule has 2 aromatic carbocycles. The van der Waals surface area contributed by atoms with Gasteiger partial charge in [-0.1, -0.05) is 81.7 Å². The molecule has 3 aliphatic carbocycles. The van der Waals surface area contributed by atoms with Gasteiger partial charge in [-0.25, -0.2) is 9.59 Å². The van der Waals surface area contributed by atoms with Gasteiger partial charge < -0.3 is 33.9 Å².